The Bertz CT molecular complexity index is 1080. The number of carbonyl (C=O) groups is 1. The van der Waals surface area contributed by atoms with Crippen molar-refractivity contribution in [2.75, 3.05) is 6.54 Å². The maximum Gasteiger partial charge on any atom is 0.416 e. The van der Waals surface area contributed by atoms with E-state index in [1.807, 2.05) is 18.2 Å². The molecule has 3 rings (SSSR count). The Morgan fingerprint density at radius 3 is 2.72 bits per heavy atom. The van der Waals surface area contributed by atoms with Crippen molar-refractivity contribution in [2.24, 2.45) is 0 Å². The zero-order valence-electron chi connectivity index (χ0n) is 14.9. The molecule has 0 saturated heterocycles. The van der Waals surface area contributed by atoms with Gasteiger partial charge in [-0.2, -0.15) is 13.2 Å². The third-order valence-corrected chi connectivity index (χ3v) is 5.05. The molecule has 3 aromatic rings. The summed E-state index contributed by atoms with van der Waals surface area (Å²) in [6, 6.07) is 12.0. The second-order valence-corrected chi connectivity index (χ2v) is 7.22. The van der Waals surface area contributed by atoms with Gasteiger partial charge in [0, 0.05) is 16.5 Å². The molecule has 148 valence electrons. The second-order valence-electron chi connectivity index (χ2n) is 5.96. The smallest absolute Gasteiger partial charge is 0.345 e. The summed E-state index contributed by atoms with van der Waals surface area (Å²) in [5, 5.41) is 5.71. The molecular formula is C21H14ClF3N2OS. The molecule has 1 N–H and O–H groups in total. The number of nitrogens with one attached hydrogen (secondary N) is 1. The van der Waals surface area contributed by atoms with E-state index in [1.165, 1.54) is 23.5 Å². The maximum absolute atomic E-state index is 12.7. The highest BCUT2D eigenvalue weighted by Crippen LogP contribution is 2.30. The molecule has 0 saturated carbocycles. The van der Waals surface area contributed by atoms with Crippen LogP contribution in [0.3, 0.4) is 0 Å². The first-order chi connectivity index (χ1) is 13.8. The topological polar surface area (TPSA) is 42.0 Å². The third kappa shape index (κ3) is 5.83. The number of thiazole rings is 1. The van der Waals surface area contributed by atoms with E-state index >= 15 is 0 Å². The number of nitrogens with zero attached hydrogens (tertiary/aromatic N) is 1. The predicted octanol–water partition coefficient (Wildman–Crippen LogP) is 5.19. The Labute approximate surface area is 174 Å². The minimum absolute atomic E-state index is 0.0244. The number of rotatable bonds is 4. The molecule has 0 bridgehead atoms. The van der Waals surface area contributed by atoms with E-state index in [-0.39, 0.29) is 24.4 Å². The number of amides is 1. The molecule has 3 nitrogen and oxygen atoms in total. The Balaban J connectivity index is 1.54. The quantitative estimate of drug-likeness (QED) is 0.574. The van der Waals surface area contributed by atoms with E-state index in [1.54, 1.807) is 11.4 Å². The highest BCUT2D eigenvalue weighted by Gasteiger charge is 2.30. The van der Waals surface area contributed by atoms with Crippen molar-refractivity contribution < 1.29 is 18.0 Å². The number of benzene rings is 2. The van der Waals surface area contributed by atoms with Gasteiger partial charge in [0.15, 0.2) is 0 Å². The highest BCUT2D eigenvalue weighted by molar-refractivity contribution is 7.13. The Kier molecular flexibility index (Phi) is 6.57. The number of aromatic nitrogens is 1. The Morgan fingerprint density at radius 2 is 1.97 bits per heavy atom. The molecule has 0 fully saturated rings. The Morgan fingerprint density at radius 1 is 1.17 bits per heavy atom. The van der Waals surface area contributed by atoms with Crippen LogP contribution < -0.4 is 5.32 Å². The summed E-state index contributed by atoms with van der Waals surface area (Å²) in [4.78, 5) is 16.5. The number of halogens is 4. The van der Waals surface area contributed by atoms with Crippen LogP contribution in [-0.2, 0) is 17.4 Å². The second kappa shape index (κ2) is 9.12. The average Bonchev–Trinajstić information content (AvgIpc) is 3.13. The van der Waals surface area contributed by atoms with Gasteiger partial charge in [0.25, 0.3) is 0 Å². The summed E-state index contributed by atoms with van der Waals surface area (Å²) < 4.78 is 38.1. The number of alkyl halides is 3. The molecule has 0 radical (unpaired) electrons. The fourth-order valence-electron chi connectivity index (χ4n) is 2.44. The number of carbonyl (C=O) groups excluding carboxylic acids is 1. The molecule has 0 spiro atoms. The molecule has 0 unspecified atom stereocenters. The molecule has 0 aliphatic heterocycles. The zero-order valence-corrected chi connectivity index (χ0v) is 16.5. The Hall–Kier alpha value is -2.82. The van der Waals surface area contributed by atoms with Crippen LogP contribution in [0, 0.1) is 11.8 Å². The normalized spacial score (nSPS) is 10.9. The lowest BCUT2D eigenvalue weighted by atomic mass is 10.1. The first-order valence-electron chi connectivity index (χ1n) is 8.45. The lowest BCUT2D eigenvalue weighted by Gasteiger charge is -2.05. The van der Waals surface area contributed by atoms with Crippen molar-refractivity contribution in [1.29, 1.82) is 0 Å². The summed E-state index contributed by atoms with van der Waals surface area (Å²) in [5.74, 6) is 4.99. The molecule has 1 aromatic heterocycles. The lowest BCUT2D eigenvalue weighted by molar-refractivity contribution is -0.137. The molecule has 0 aliphatic rings. The van der Waals surface area contributed by atoms with Gasteiger partial charge in [0.1, 0.15) is 5.01 Å². The van der Waals surface area contributed by atoms with Gasteiger partial charge in [-0.25, -0.2) is 4.98 Å². The summed E-state index contributed by atoms with van der Waals surface area (Å²) in [7, 11) is 0. The van der Waals surface area contributed by atoms with Crippen molar-refractivity contribution in [2.45, 2.75) is 12.6 Å². The minimum atomic E-state index is -4.41. The van der Waals surface area contributed by atoms with Gasteiger partial charge in [-0.1, -0.05) is 47.7 Å². The van der Waals surface area contributed by atoms with E-state index in [4.69, 9.17) is 11.6 Å². The largest absolute Gasteiger partial charge is 0.416 e. The van der Waals surface area contributed by atoms with Crippen molar-refractivity contribution in [3.8, 4) is 22.4 Å². The van der Waals surface area contributed by atoms with E-state index < -0.39 is 11.7 Å². The molecule has 1 heterocycles. The molecule has 2 aromatic carbocycles. The minimum Gasteiger partial charge on any atom is -0.345 e. The maximum atomic E-state index is 12.7. The van der Waals surface area contributed by atoms with E-state index in [2.05, 4.69) is 22.1 Å². The van der Waals surface area contributed by atoms with Crippen LogP contribution in [0.5, 0.6) is 0 Å². The first kappa shape index (κ1) is 20.9. The average molecular weight is 435 g/mol. The van der Waals surface area contributed by atoms with Gasteiger partial charge in [0.05, 0.1) is 29.2 Å². The monoisotopic (exact) mass is 434 g/mol. The number of hydrogen-bond acceptors (Lipinski definition) is 3. The summed E-state index contributed by atoms with van der Waals surface area (Å²) >= 11 is 7.55. The molecular weight excluding hydrogens is 421 g/mol. The van der Waals surface area contributed by atoms with Gasteiger partial charge in [0.2, 0.25) is 5.91 Å². The molecule has 1 amide bonds. The van der Waals surface area contributed by atoms with E-state index in [0.29, 0.717) is 10.7 Å². The molecule has 8 heteroatoms. The van der Waals surface area contributed by atoms with Crippen LogP contribution in [0.2, 0.25) is 5.02 Å². The summed E-state index contributed by atoms with van der Waals surface area (Å²) in [5.41, 5.74) is 0.884. The SMILES string of the molecule is O=C(Cc1csc(-c2ccccc2Cl)n1)NCC#Cc1cccc(C(F)(F)F)c1. The van der Waals surface area contributed by atoms with Crippen molar-refractivity contribution in [3.05, 3.63) is 75.8 Å². The third-order valence-electron chi connectivity index (χ3n) is 3.79. The van der Waals surface area contributed by atoms with E-state index in [0.717, 1.165) is 22.7 Å². The fourth-order valence-corrected chi connectivity index (χ4v) is 3.58. The standard InChI is InChI=1S/C21H14ClF3N2OS/c22-18-9-2-1-8-17(18)20-27-16(13-29-20)12-19(28)26-10-4-6-14-5-3-7-15(11-14)21(23,24)25/h1-3,5,7-9,11,13H,10,12H2,(H,26,28). The molecule has 29 heavy (non-hydrogen) atoms. The van der Waals surface area contributed by atoms with Gasteiger partial charge >= 0.3 is 6.18 Å². The van der Waals surface area contributed by atoms with Gasteiger partial charge in [-0.15, -0.1) is 11.3 Å². The highest BCUT2D eigenvalue weighted by atomic mass is 35.5. The van der Waals surface area contributed by atoms with Crippen molar-refractivity contribution in [3.63, 3.8) is 0 Å². The van der Waals surface area contributed by atoms with Gasteiger partial charge in [-0.05, 0) is 24.3 Å². The van der Waals surface area contributed by atoms with Crippen LogP contribution in [0.4, 0.5) is 13.2 Å². The van der Waals surface area contributed by atoms with Gasteiger partial charge in [-0.3, -0.25) is 4.79 Å². The predicted molar refractivity (Wildman–Crippen MR) is 108 cm³/mol. The fraction of sp³-hybridized carbons (Fsp3) is 0.143. The van der Waals surface area contributed by atoms with Crippen LogP contribution in [0.15, 0.2) is 53.9 Å². The summed E-state index contributed by atoms with van der Waals surface area (Å²) in [6.45, 7) is 0.0244. The van der Waals surface area contributed by atoms with Crippen LogP contribution in [0.1, 0.15) is 16.8 Å². The van der Waals surface area contributed by atoms with Crippen LogP contribution in [-0.4, -0.2) is 17.4 Å². The zero-order chi connectivity index (χ0) is 20.9. The van der Waals surface area contributed by atoms with E-state index in [9.17, 15) is 18.0 Å². The number of hydrogen-bond donors (Lipinski definition) is 1. The molecule has 0 aliphatic carbocycles. The van der Waals surface area contributed by atoms with Crippen LogP contribution in [0.25, 0.3) is 10.6 Å². The molecule has 0 atom stereocenters. The van der Waals surface area contributed by atoms with Crippen LogP contribution >= 0.6 is 22.9 Å². The van der Waals surface area contributed by atoms with Crippen molar-refractivity contribution in [1.82, 2.24) is 10.3 Å². The summed E-state index contributed by atoms with van der Waals surface area (Å²) in [6.07, 6.45) is -4.34. The van der Waals surface area contributed by atoms with Gasteiger partial charge < -0.3 is 5.32 Å². The lowest BCUT2D eigenvalue weighted by Crippen LogP contribution is -2.25. The van der Waals surface area contributed by atoms with Crippen molar-refractivity contribution >= 4 is 28.8 Å². The first-order valence-corrected chi connectivity index (χ1v) is 9.71.